The Morgan fingerprint density at radius 2 is 2.25 bits per heavy atom. The molecule has 0 heterocycles. The van der Waals surface area contributed by atoms with E-state index in [0.717, 1.165) is 6.08 Å². The molecule has 0 saturated carbocycles. The van der Waals surface area contributed by atoms with Crippen LogP contribution in [-0.4, -0.2) is 20.7 Å². The average molecular weight is 101 g/mol. The van der Waals surface area contributed by atoms with E-state index < -0.39 is 0 Å². The summed E-state index contributed by atoms with van der Waals surface area (Å²) < 4.78 is 0. The Balaban J connectivity index is 4.06. The van der Waals surface area contributed by atoms with Crippen LogP contribution in [0.4, 0.5) is 0 Å². The van der Waals surface area contributed by atoms with Crippen LogP contribution in [0.1, 0.15) is 0 Å². The SMILES string of the molecule is [B]C(=[B])/C(N)=C/C#N. The van der Waals surface area contributed by atoms with E-state index in [-0.39, 0.29) is 11.1 Å². The van der Waals surface area contributed by atoms with Crippen molar-refractivity contribution in [3.63, 3.8) is 0 Å². The Morgan fingerprint density at radius 1 is 1.75 bits per heavy atom. The van der Waals surface area contributed by atoms with E-state index >= 15 is 0 Å². The summed E-state index contributed by atoms with van der Waals surface area (Å²) in [6.45, 7) is 0. The summed E-state index contributed by atoms with van der Waals surface area (Å²) in [4.78, 5) is 0. The van der Waals surface area contributed by atoms with Gasteiger partial charge in [-0.3, -0.25) is 0 Å². The third-order valence-corrected chi connectivity index (χ3v) is 0.553. The van der Waals surface area contributed by atoms with Crippen molar-refractivity contribution in [1.82, 2.24) is 0 Å². The van der Waals surface area contributed by atoms with Crippen molar-refractivity contribution < 1.29 is 0 Å². The van der Waals surface area contributed by atoms with Gasteiger partial charge in [-0.15, -0.1) is 0 Å². The molecule has 3 radical (unpaired) electrons. The first-order valence-corrected chi connectivity index (χ1v) is 1.92. The van der Waals surface area contributed by atoms with Gasteiger partial charge in [0, 0.05) is 0 Å². The molecule has 0 bridgehead atoms. The molecule has 0 amide bonds. The zero-order valence-electron chi connectivity index (χ0n) is 4.26. The van der Waals surface area contributed by atoms with Gasteiger partial charge in [0.15, 0.2) is 0 Å². The molecule has 4 heteroatoms. The fourth-order valence-corrected chi connectivity index (χ4v) is 0.153. The van der Waals surface area contributed by atoms with E-state index in [1.807, 2.05) is 0 Å². The van der Waals surface area contributed by atoms with Crippen LogP contribution in [0.5, 0.6) is 0 Å². The Labute approximate surface area is 50.5 Å². The van der Waals surface area contributed by atoms with Crippen molar-refractivity contribution in [1.29, 1.82) is 5.26 Å². The number of rotatable bonds is 1. The van der Waals surface area contributed by atoms with E-state index in [2.05, 4.69) is 0 Å². The average Bonchev–Trinajstić information content (AvgIpc) is 1.67. The zero-order valence-corrected chi connectivity index (χ0v) is 4.26. The molecule has 0 atom stereocenters. The summed E-state index contributed by atoms with van der Waals surface area (Å²) in [6.07, 6.45) is 1.08. The van der Waals surface area contributed by atoms with Gasteiger partial charge in [-0.1, -0.05) is 0 Å². The normalized spacial score (nSPS) is 10.0. The monoisotopic (exact) mass is 101 g/mol. The maximum absolute atomic E-state index is 7.95. The second-order valence-electron chi connectivity index (χ2n) is 1.18. The first kappa shape index (κ1) is 7.03. The van der Waals surface area contributed by atoms with Crippen molar-refractivity contribution >= 4 is 20.7 Å². The second-order valence-corrected chi connectivity index (χ2v) is 1.18. The zero-order chi connectivity index (χ0) is 6.57. The Kier molecular flexibility index (Phi) is 2.71. The number of nitrogens with zero attached hydrogens (tertiary/aromatic N) is 1. The second kappa shape index (κ2) is 3.09. The number of hydrogen-bond acceptors (Lipinski definition) is 2. The predicted octanol–water partition coefficient (Wildman–Crippen LogP) is -1.18. The van der Waals surface area contributed by atoms with Gasteiger partial charge in [0.1, 0.15) is 0 Å². The van der Waals surface area contributed by atoms with Crippen LogP contribution in [0.25, 0.3) is 0 Å². The number of hydrogen-bond donors (Lipinski definition) is 1. The molecule has 0 spiro atoms. The van der Waals surface area contributed by atoms with E-state index in [1.165, 1.54) is 0 Å². The van der Waals surface area contributed by atoms with Crippen molar-refractivity contribution in [3.05, 3.63) is 11.8 Å². The van der Waals surface area contributed by atoms with Gasteiger partial charge >= 0.3 is 49.5 Å². The van der Waals surface area contributed by atoms with Crippen molar-refractivity contribution in [2.24, 2.45) is 5.73 Å². The van der Waals surface area contributed by atoms with Crippen molar-refractivity contribution in [3.8, 4) is 6.07 Å². The summed E-state index contributed by atoms with van der Waals surface area (Å²) in [5.74, 6) is 0. The van der Waals surface area contributed by atoms with Crippen LogP contribution in [0, 0.1) is 11.3 Å². The van der Waals surface area contributed by atoms with Gasteiger partial charge in [0.05, 0.1) is 0 Å². The van der Waals surface area contributed by atoms with Crippen LogP contribution in [-0.2, 0) is 0 Å². The fourth-order valence-electron chi connectivity index (χ4n) is 0.153. The van der Waals surface area contributed by atoms with Gasteiger partial charge in [-0.05, 0) is 0 Å². The van der Waals surface area contributed by atoms with Gasteiger partial charge in [0.2, 0.25) is 0 Å². The van der Waals surface area contributed by atoms with E-state index in [9.17, 15) is 0 Å². The van der Waals surface area contributed by atoms with E-state index in [4.69, 9.17) is 26.3 Å². The molecular weight excluding hydrogens is 97.7 g/mol. The molecule has 0 aliphatic carbocycles. The number of nitriles is 1. The van der Waals surface area contributed by atoms with Crippen molar-refractivity contribution in [2.75, 3.05) is 0 Å². The standard InChI is InChI=1S/C4H3B2N2/c5-4(6)3(8)1-2-7/h1H,8H2/b3-1-. The molecule has 0 aromatic carbocycles. The predicted molar refractivity (Wildman–Crippen MR) is 34.4 cm³/mol. The van der Waals surface area contributed by atoms with Gasteiger partial charge in [-0.25, -0.2) is 0 Å². The van der Waals surface area contributed by atoms with Crippen LogP contribution < -0.4 is 5.73 Å². The Morgan fingerprint density at radius 3 is 2.38 bits per heavy atom. The molecule has 0 aliphatic rings. The molecule has 0 saturated heterocycles. The maximum atomic E-state index is 7.95. The van der Waals surface area contributed by atoms with Crippen LogP contribution >= 0.6 is 0 Å². The summed E-state index contributed by atoms with van der Waals surface area (Å²) in [5, 5.41) is 7.93. The molecule has 8 heavy (non-hydrogen) atoms. The van der Waals surface area contributed by atoms with Crippen LogP contribution in [0.15, 0.2) is 11.8 Å². The van der Waals surface area contributed by atoms with Crippen molar-refractivity contribution in [2.45, 2.75) is 0 Å². The van der Waals surface area contributed by atoms with Gasteiger partial charge in [0.25, 0.3) is 0 Å². The van der Waals surface area contributed by atoms with E-state index in [1.54, 1.807) is 6.07 Å². The molecule has 0 fully saturated rings. The summed E-state index contributed by atoms with van der Waals surface area (Å²) in [7, 11) is 9.94. The summed E-state index contributed by atoms with van der Waals surface area (Å²) >= 11 is 0. The molecule has 0 unspecified atom stereocenters. The minimum atomic E-state index is -0.0217. The molecule has 0 aromatic rings. The third-order valence-electron chi connectivity index (χ3n) is 0.553. The Hall–Kier alpha value is -0.970. The topological polar surface area (TPSA) is 49.8 Å². The molecule has 0 aromatic heterocycles. The van der Waals surface area contributed by atoms with E-state index in [0.29, 0.717) is 0 Å². The minimum absolute atomic E-state index is 0.0217. The molecule has 35 valence electrons. The molecule has 0 rings (SSSR count). The van der Waals surface area contributed by atoms with Crippen LogP contribution in [0.2, 0.25) is 0 Å². The quantitative estimate of drug-likeness (QED) is 0.333. The van der Waals surface area contributed by atoms with Gasteiger partial charge < -0.3 is 0 Å². The van der Waals surface area contributed by atoms with Gasteiger partial charge in [-0.2, -0.15) is 0 Å². The molecule has 2 N–H and O–H groups in total. The Bertz CT molecular complexity index is 165. The molecule has 0 aliphatic heterocycles. The van der Waals surface area contributed by atoms with Crippen LogP contribution in [0.3, 0.4) is 0 Å². The first-order chi connectivity index (χ1) is 3.68. The summed E-state index contributed by atoms with van der Waals surface area (Å²) in [5.41, 5.74) is 5.20. The number of allylic oxidation sites excluding steroid dienone is 2. The summed E-state index contributed by atoms with van der Waals surface area (Å²) in [6, 6.07) is 1.68. The third kappa shape index (κ3) is 2.25. The molecular formula is C4H3B2N2. The fraction of sp³-hybridized carbons (Fsp3) is 0. The first-order valence-electron chi connectivity index (χ1n) is 1.92. The number of nitrogens with two attached hydrogens (primary N) is 1. The molecule has 2 nitrogen and oxygen atoms in total.